The third-order valence-electron chi connectivity index (χ3n) is 5.99. The summed E-state index contributed by atoms with van der Waals surface area (Å²) < 4.78 is 11.2. The normalized spacial score (nSPS) is 27.4. The highest BCUT2D eigenvalue weighted by atomic mass is 16.6. The summed E-state index contributed by atoms with van der Waals surface area (Å²) in [6, 6.07) is 8.09. The summed E-state index contributed by atoms with van der Waals surface area (Å²) in [5.41, 5.74) is 4.22. The third-order valence-corrected chi connectivity index (χ3v) is 5.99. The lowest BCUT2D eigenvalue weighted by atomic mass is 9.69. The van der Waals surface area contributed by atoms with E-state index in [4.69, 9.17) is 9.47 Å². The van der Waals surface area contributed by atoms with Gasteiger partial charge in [0.05, 0.1) is 17.6 Å². The molecule has 5 nitrogen and oxygen atoms in total. The second-order valence-electron chi connectivity index (χ2n) is 8.02. The van der Waals surface area contributed by atoms with E-state index in [-0.39, 0.29) is 36.3 Å². The molecule has 1 aromatic rings. The van der Waals surface area contributed by atoms with Gasteiger partial charge in [0, 0.05) is 30.4 Å². The van der Waals surface area contributed by atoms with Gasteiger partial charge in [-0.05, 0) is 45.1 Å². The number of carbonyl (C=O) groups excluding carboxylic acids is 2. The number of aliphatic imine (C=N–C) groups is 1. The van der Waals surface area contributed by atoms with Crippen molar-refractivity contribution in [2.45, 2.75) is 58.0 Å². The molecule has 1 saturated carbocycles. The van der Waals surface area contributed by atoms with Gasteiger partial charge < -0.3 is 9.47 Å². The number of nitrogens with zero attached hydrogens (tertiary/aromatic N) is 1. The number of aryl methyl sites for hydroxylation is 1. The van der Waals surface area contributed by atoms with Gasteiger partial charge in [-0.2, -0.15) is 0 Å². The van der Waals surface area contributed by atoms with Crippen LogP contribution >= 0.6 is 0 Å². The number of carbonyl (C=O) groups is 2. The lowest BCUT2D eigenvalue weighted by Gasteiger charge is -2.35. The minimum absolute atomic E-state index is 0.0263. The van der Waals surface area contributed by atoms with E-state index in [1.807, 2.05) is 38.1 Å². The molecule has 2 heterocycles. The molecule has 148 valence electrons. The second kappa shape index (κ2) is 8.00. The first kappa shape index (κ1) is 19.1. The van der Waals surface area contributed by atoms with Crippen LogP contribution in [0.25, 0.3) is 0 Å². The van der Waals surface area contributed by atoms with Crippen LogP contribution in [0.15, 0.2) is 40.5 Å². The molecular formula is C23H27NO4. The Morgan fingerprint density at radius 3 is 2.64 bits per heavy atom. The van der Waals surface area contributed by atoms with Crippen molar-refractivity contribution in [2.75, 3.05) is 13.2 Å². The Labute approximate surface area is 165 Å². The van der Waals surface area contributed by atoms with Gasteiger partial charge in [-0.25, -0.2) is 4.79 Å². The largest absolute Gasteiger partial charge is 0.460 e. The zero-order valence-corrected chi connectivity index (χ0v) is 16.6. The molecule has 1 saturated heterocycles. The number of allylic oxidation sites excluding steroid dienone is 1. The molecule has 0 bridgehead atoms. The number of benzene rings is 1. The lowest BCUT2D eigenvalue weighted by Crippen LogP contribution is -2.39. The van der Waals surface area contributed by atoms with Crippen LogP contribution in [-0.2, 0) is 19.1 Å². The molecule has 0 amide bonds. The third kappa shape index (κ3) is 3.68. The van der Waals surface area contributed by atoms with E-state index >= 15 is 0 Å². The molecule has 4 rings (SSSR count). The molecule has 2 aliphatic heterocycles. The first-order valence-electron chi connectivity index (χ1n) is 10.2. The maximum absolute atomic E-state index is 13.1. The van der Waals surface area contributed by atoms with Gasteiger partial charge in [0.1, 0.15) is 12.4 Å². The van der Waals surface area contributed by atoms with E-state index in [0.717, 1.165) is 49.1 Å². The van der Waals surface area contributed by atoms with Gasteiger partial charge in [0.15, 0.2) is 0 Å². The molecular weight excluding hydrogens is 354 g/mol. The minimum Gasteiger partial charge on any atom is -0.460 e. The van der Waals surface area contributed by atoms with Crippen LogP contribution in [0, 0.1) is 12.8 Å². The number of fused-ring (bicyclic) bond motifs is 1. The van der Waals surface area contributed by atoms with Crippen LogP contribution in [0.1, 0.15) is 56.1 Å². The van der Waals surface area contributed by atoms with Crippen LogP contribution in [0.3, 0.4) is 0 Å². The summed E-state index contributed by atoms with van der Waals surface area (Å²) in [4.78, 5) is 30.6. The summed E-state index contributed by atoms with van der Waals surface area (Å²) in [6.07, 6.45) is 4.08. The number of Topliss-reactive ketones (excluding diaryl/α,β-unsaturated/α-hetero) is 1. The standard InChI is InChI=1S/C23H27NO4/c1-14-8-10-16(11-9-14)21-20(23(26)28-13-17-5-4-12-27-17)15(2)24-18-6-3-7-19(25)22(18)21/h8-11,17,21-22H,3-7,12-13H2,1-2H3/t17-,21+,22?/m0/s1. The van der Waals surface area contributed by atoms with Gasteiger partial charge in [-0.3, -0.25) is 9.79 Å². The Bertz CT molecular complexity index is 831. The maximum atomic E-state index is 13.1. The lowest BCUT2D eigenvalue weighted by molar-refractivity contribution is -0.142. The summed E-state index contributed by atoms with van der Waals surface area (Å²) >= 11 is 0. The van der Waals surface area contributed by atoms with E-state index in [0.29, 0.717) is 17.7 Å². The quantitative estimate of drug-likeness (QED) is 0.742. The molecule has 3 atom stereocenters. The average Bonchev–Trinajstić information content (AvgIpc) is 3.19. The number of hydrogen-bond acceptors (Lipinski definition) is 5. The fraction of sp³-hybridized carbons (Fsp3) is 0.522. The highest BCUT2D eigenvalue weighted by Crippen LogP contribution is 2.43. The zero-order valence-electron chi connectivity index (χ0n) is 16.6. The van der Waals surface area contributed by atoms with Crippen LogP contribution < -0.4 is 0 Å². The fourth-order valence-corrected chi connectivity index (χ4v) is 4.54. The predicted octanol–water partition coefficient (Wildman–Crippen LogP) is 3.90. The molecule has 1 aromatic carbocycles. The molecule has 2 fully saturated rings. The van der Waals surface area contributed by atoms with Crippen molar-refractivity contribution in [3.05, 3.63) is 46.7 Å². The van der Waals surface area contributed by atoms with Crippen molar-refractivity contribution in [1.82, 2.24) is 0 Å². The van der Waals surface area contributed by atoms with Gasteiger partial charge >= 0.3 is 5.97 Å². The van der Waals surface area contributed by atoms with Crippen molar-refractivity contribution in [3.8, 4) is 0 Å². The van der Waals surface area contributed by atoms with Crippen molar-refractivity contribution in [1.29, 1.82) is 0 Å². The van der Waals surface area contributed by atoms with Gasteiger partial charge in [0.2, 0.25) is 0 Å². The van der Waals surface area contributed by atoms with Crippen LogP contribution in [-0.4, -0.2) is 36.8 Å². The molecule has 0 radical (unpaired) electrons. The molecule has 28 heavy (non-hydrogen) atoms. The topological polar surface area (TPSA) is 65.0 Å². The van der Waals surface area contributed by atoms with Crippen LogP contribution in [0.4, 0.5) is 0 Å². The first-order chi connectivity index (χ1) is 13.5. The SMILES string of the molecule is CC1=C(C(=O)OC[C@@H]2CCCO2)[C@@H](c2ccc(C)cc2)C2C(=O)CCCC2=N1. The number of esters is 1. The smallest absolute Gasteiger partial charge is 0.336 e. The monoisotopic (exact) mass is 381 g/mol. The van der Waals surface area contributed by atoms with Crippen LogP contribution in [0.2, 0.25) is 0 Å². The van der Waals surface area contributed by atoms with Crippen molar-refractivity contribution in [3.63, 3.8) is 0 Å². The predicted molar refractivity (Wildman–Crippen MR) is 106 cm³/mol. The molecule has 3 aliphatic rings. The summed E-state index contributed by atoms with van der Waals surface area (Å²) in [5, 5.41) is 0. The van der Waals surface area contributed by atoms with Crippen molar-refractivity contribution >= 4 is 17.5 Å². The van der Waals surface area contributed by atoms with Crippen molar-refractivity contribution < 1.29 is 19.1 Å². The second-order valence-corrected chi connectivity index (χ2v) is 8.02. The number of ketones is 1. The van der Waals surface area contributed by atoms with E-state index < -0.39 is 0 Å². The summed E-state index contributed by atoms with van der Waals surface area (Å²) in [6.45, 7) is 4.86. The van der Waals surface area contributed by atoms with E-state index in [2.05, 4.69) is 4.99 Å². The Morgan fingerprint density at radius 2 is 1.93 bits per heavy atom. The number of rotatable bonds is 4. The fourth-order valence-electron chi connectivity index (χ4n) is 4.54. The highest BCUT2D eigenvalue weighted by molar-refractivity contribution is 6.11. The molecule has 5 heteroatoms. The maximum Gasteiger partial charge on any atom is 0.336 e. The number of ether oxygens (including phenoxy) is 2. The Morgan fingerprint density at radius 1 is 1.14 bits per heavy atom. The van der Waals surface area contributed by atoms with E-state index in [1.165, 1.54) is 0 Å². The van der Waals surface area contributed by atoms with Crippen LogP contribution in [0.5, 0.6) is 0 Å². The van der Waals surface area contributed by atoms with Gasteiger partial charge in [-0.15, -0.1) is 0 Å². The molecule has 0 spiro atoms. The van der Waals surface area contributed by atoms with Crippen molar-refractivity contribution in [2.24, 2.45) is 10.9 Å². The number of hydrogen-bond donors (Lipinski definition) is 0. The molecule has 1 unspecified atom stereocenters. The zero-order chi connectivity index (χ0) is 19.7. The van der Waals surface area contributed by atoms with E-state index in [9.17, 15) is 9.59 Å². The summed E-state index contributed by atoms with van der Waals surface area (Å²) in [7, 11) is 0. The van der Waals surface area contributed by atoms with E-state index in [1.54, 1.807) is 0 Å². The highest BCUT2D eigenvalue weighted by Gasteiger charge is 2.43. The molecule has 1 aliphatic carbocycles. The minimum atomic E-state index is -0.375. The Hall–Kier alpha value is -2.27. The van der Waals surface area contributed by atoms with Gasteiger partial charge in [-0.1, -0.05) is 29.8 Å². The molecule has 0 N–H and O–H groups in total. The Kier molecular flexibility index (Phi) is 5.44. The molecule has 0 aromatic heterocycles. The summed E-state index contributed by atoms with van der Waals surface area (Å²) in [5.74, 6) is -0.879. The average molecular weight is 381 g/mol. The van der Waals surface area contributed by atoms with Gasteiger partial charge in [0.25, 0.3) is 0 Å². The Balaban J connectivity index is 1.68. The first-order valence-corrected chi connectivity index (χ1v) is 10.2.